The molecule has 0 bridgehead atoms. The van der Waals surface area contributed by atoms with Crippen LogP contribution in [-0.2, 0) is 11.0 Å². The van der Waals surface area contributed by atoms with Gasteiger partial charge in [-0.05, 0) is 42.0 Å². The van der Waals surface area contributed by atoms with E-state index in [9.17, 15) is 18.0 Å². The standard InChI is InChI=1S/C19H15F3N2O3/c1-26-17-11-13(5-7-16(17)27-10-9-23)6-8-18(25)24-15-4-2-3-14(12-15)19(20,21)22/h2-8,11-12H,10H2,1H3,(H,24,25). The molecule has 1 amide bonds. The molecule has 0 unspecified atom stereocenters. The predicted molar refractivity (Wildman–Crippen MR) is 93.2 cm³/mol. The number of methoxy groups -OCH3 is 1. The minimum atomic E-state index is -4.48. The number of rotatable bonds is 6. The first-order chi connectivity index (χ1) is 12.8. The summed E-state index contributed by atoms with van der Waals surface area (Å²) < 4.78 is 48.4. The lowest BCUT2D eigenvalue weighted by Crippen LogP contribution is -2.10. The molecule has 0 aliphatic rings. The van der Waals surface area contributed by atoms with E-state index < -0.39 is 17.6 Å². The molecule has 0 spiro atoms. The Hall–Kier alpha value is -3.47. The summed E-state index contributed by atoms with van der Waals surface area (Å²) in [5.41, 5.74) is -0.199. The maximum Gasteiger partial charge on any atom is 0.416 e. The SMILES string of the molecule is COc1cc(C=CC(=O)Nc2cccc(C(F)(F)F)c2)ccc1OCC#N. The smallest absolute Gasteiger partial charge is 0.416 e. The zero-order valence-electron chi connectivity index (χ0n) is 14.2. The first kappa shape index (κ1) is 19.8. The highest BCUT2D eigenvalue weighted by Gasteiger charge is 2.30. The molecule has 140 valence electrons. The van der Waals surface area contributed by atoms with Gasteiger partial charge in [0, 0.05) is 11.8 Å². The van der Waals surface area contributed by atoms with Crippen molar-refractivity contribution in [3.05, 3.63) is 59.7 Å². The van der Waals surface area contributed by atoms with E-state index in [0.717, 1.165) is 12.1 Å². The number of carbonyl (C=O) groups is 1. The van der Waals surface area contributed by atoms with Crippen molar-refractivity contribution >= 4 is 17.7 Å². The number of nitrogens with one attached hydrogen (secondary N) is 1. The second kappa shape index (κ2) is 8.76. The first-order valence-electron chi connectivity index (χ1n) is 7.67. The van der Waals surface area contributed by atoms with Gasteiger partial charge in [-0.1, -0.05) is 12.1 Å². The molecule has 0 saturated carbocycles. The van der Waals surface area contributed by atoms with Gasteiger partial charge in [-0.25, -0.2) is 0 Å². The summed E-state index contributed by atoms with van der Waals surface area (Å²) in [5, 5.41) is 10.9. The van der Waals surface area contributed by atoms with Crippen molar-refractivity contribution < 1.29 is 27.4 Å². The molecule has 0 aliphatic carbocycles. The molecule has 0 aromatic heterocycles. The van der Waals surface area contributed by atoms with Gasteiger partial charge in [0.2, 0.25) is 5.91 Å². The third-order valence-electron chi connectivity index (χ3n) is 3.36. The lowest BCUT2D eigenvalue weighted by Gasteiger charge is -2.09. The number of alkyl halides is 3. The largest absolute Gasteiger partial charge is 0.493 e. The number of carbonyl (C=O) groups excluding carboxylic acids is 1. The van der Waals surface area contributed by atoms with E-state index in [0.29, 0.717) is 17.1 Å². The van der Waals surface area contributed by atoms with Gasteiger partial charge in [-0.15, -0.1) is 0 Å². The maximum absolute atomic E-state index is 12.7. The van der Waals surface area contributed by atoms with Crippen molar-refractivity contribution in [2.75, 3.05) is 19.0 Å². The van der Waals surface area contributed by atoms with E-state index in [-0.39, 0.29) is 12.3 Å². The van der Waals surface area contributed by atoms with Gasteiger partial charge in [0.15, 0.2) is 18.1 Å². The van der Waals surface area contributed by atoms with Crippen LogP contribution in [0.1, 0.15) is 11.1 Å². The fraction of sp³-hybridized carbons (Fsp3) is 0.158. The summed E-state index contributed by atoms with van der Waals surface area (Å²) in [5.74, 6) is 0.174. The second-order valence-corrected chi connectivity index (χ2v) is 5.26. The van der Waals surface area contributed by atoms with Crippen LogP contribution in [0.4, 0.5) is 18.9 Å². The third kappa shape index (κ3) is 5.78. The Morgan fingerprint density at radius 1 is 1.22 bits per heavy atom. The molecule has 0 atom stereocenters. The van der Waals surface area contributed by atoms with E-state index in [2.05, 4.69) is 5.32 Å². The monoisotopic (exact) mass is 376 g/mol. The second-order valence-electron chi connectivity index (χ2n) is 5.26. The van der Waals surface area contributed by atoms with Crippen molar-refractivity contribution in [2.45, 2.75) is 6.18 Å². The van der Waals surface area contributed by atoms with E-state index in [4.69, 9.17) is 14.7 Å². The van der Waals surface area contributed by atoms with Crippen molar-refractivity contribution in [1.82, 2.24) is 0 Å². The molecule has 2 aromatic carbocycles. The van der Waals surface area contributed by atoms with E-state index in [1.54, 1.807) is 18.2 Å². The zero-order valence-corrected chi connectivity index (χ0v) is 14.2. The van der Waals surface area contributed by atoms with Gasteiger partial charge in [-0.3, -0.25) is 4.79 Å². The summed E-state index contributed by atoms with van der Waals surface area (Å²) in [4.78, 5) is 11.9. The number of ether oxygens (including phenoxy) is 2. The molecule has 0 radical (unpaired) electrons. The molecule has 8 heteroatoms. The quantitative estimate of drug-likeness (QED) is 0.765. The molecule has 2 aromatic rings. The summed E-state index contributed by atoms with van der Waals surface area (Å²) in [6.07, 6.45) is -1.83. The molecule has 0 aliphatic heterocycles. The molecule has 27 heavy (non-hydrogen) atoms. The lowest BCUT2D eigenvalue weighted by molar-refractivity contribution is -0.137. The van der Waals surface area contributed by atoms with Crippen molar-refractivity contribution in [1.29, 1.82) is 5.26 Å². The number of nitriles is 1. The minimum absolute atomic E-state index is 0.0392. The van der Waals surface area contributed by atoms with Crippen LogP contribution in [0, 0.1) is 11.3 Å². The number of hydrogen-bond acceptors (Lipinski definition) is 4. The predicted octanol–water partition coefficient (Wildman–Crippen LogP) is 4.27. The molecular formula is C19H15F3N2O3. The highest BCUT2D eigenvalue weighted by atomic mass is 19.4. The Kier molecular flexibility index (Phi) is 6.44. The van der Waals surface area contributed by atoms with Gasteiger partial charge < -0.3 is 14.8 Å². The van der Waals surface area contributed by atoms with Crippen LogP contribution in [0.15, 0.2) is 48.5 Å². The Balaban J connectivity index is 2.07. The number of benzene rings is 2. The number of halogens is 3. The van der Waals surface area contributed by atoms with Crippen molar-refractivity contribution in [2.24, 2.45) is 0 Å². The highest BCUT2D eigenvalue weighted by Crippen LogP contribution is 2.31. The topological polar surface area (TPSA) is 71.3 Å². The van der Waals surface area contributed by atoms with Gasteiger partial charge in [0.1, 0.15) is 6.07 Å². The van der Waals surface area contributed by atoms with Crippen LogP contribution in [0.3, 0.4) is 0 Å². The highest BCUT2D eigenvalue weighted by molar-refractivity contribution is 6.02. The molecule has 2 rings (SSSR count). The van der Waals surface area contributed by atoms with Crippen molar-refractivity contribution in [3.8, 4) is 17.6 Å². The Bertz CT molecular complexity index is 886. The molecule has 1 N–H and O–H groups in total. The summed E-state index contributed by atoms with van der Waals surface area (Å²) in [6.45, 7) is -0.134. The molecule has 0 fully saturated rings. The number of nitrogens with zero attached hydrogens (tertiary/aromatic N) is 1. The fourth-order valence-corrected chi connectivity index (χ4v) is 2.15. The van der Waals surface area contributed by atoms with E-state index in [1.807, 2.05) is 6.07 Å². The van der Waals surface area contributed by atoms with Crippen LogP contribution in [-0.4, -0.2) is 19.6 Å². The molecule has 5 nitrogen and oxygen atoms in total. The zero-order chi connectivity index (χ0) is 19.9. The Labute approximate surface area is 153 Å². The normalized spacial score (nSPS) is 11.1. The van der Waals surface area contributed by atoms with E-state index >= 15 is 0 Å². The average molecular weight is 376 g/mol. The maximum atomic E-state index is 12.7. The van der Waals surface area contributed by atoms with Crippen molar-refractivity contribution in [3.63, 3.8) is 0 Å². The van der Waals surface area contributed by atoms with Crippen LogP contribution >= 0.6 is 0 Å². The Morgan fingerprint density at radius 2 is 2.00 bits per heavy atom. The lowest BCUT2D eigenvalue weighted by atomic mass is 10.1. The summed E-state index contributed by atoms with van der Waals surface area (Å²) in [6, 6.07) is 11.0. The first-order valence-corrected chi connectivity index (χ1v) is 7.67. The third-order valence-corrected chi connectivity index (χ3v) is 3.36. The number of amides is 1. The number of hydrogen-bond donors (Lipinski definition) is 1. The Morgan fingerprint density at radius 3 is 2.67 bits per heavy atom. The van der Waals surface area contributed by atoms with Gasteiger partial charge in [-0.2, -0.15) is 18.4 Å². The van der Waals surface area contributed by atoms with E-state index in [1.165, 1.54) is 31.4 Å². The van der Waals surface area contributed by atoms with Crippen LogP contribution in [0.5, 0.6) is 11.5 Å². The minimum Gasteiger partial charge on any atom is -0.493 e. The van der Waals surface area contributed by atoms with Crippen LogP contribution < -0.4 is 14.8 Å². The molecule has 0 saturated heterocycles. The fourth-order valence-electron chi connectivity index (χ4n) is 2.15. The van der Waals surface area contributed by atoms with Gasteiger partial charge in [0.25, 0.3) is 0 Å². The average Bonchev–Trinajstić information content (AvgIpc) is 2.64. The van der Waals surface area contributed by atoms with Crippen LogP contribution in [0.25, 0.3) is 6.08 Å². The number of anilines is 1. The summed E-state index contributed by atoms with van der Waals surface area (Å²) >= 11 is 0. The van der Waals surface area contributed by atoms with Gasteiger partial charge >= 0.3 is 6.18 Å². The van der Waals surface area contributed by atoms with Gasteiger partial charge in [0.05, 0.1) is 12.7 Å². The molecule has 0 heterocycles. The van der Waals surface area contributed by atoms with Crippen LogP contribution in [0.2, 0.25) is 0 Å². The summed E-state index contributed by atoms with van der Waals surface area (Å²) in [7, 11) is 1.43. The molecular weight excluding hydrogens is 361 g/mol.